The topological polar surface area (TPSA) is 74.1 Å². The second-order valence-electron chi connectivity index (χ2n) is 6.60. The molecule has 29 heavy (non-hydrogen) atoms. The van der Waals surface area contributed by atoms with Gasteiger partial charge in [-0.3, -0.25) is 0 Å². The minimum Gasteiger partial charge on any atom is -0.490 e. The van der Waals surface area contributed by atoms with Crippen LogP contribution in [0.1, 0.15) is 23.6 Å². The van der Waals surface area contributed by atoms with Gasteiger partial charge >= 0.3 is 0 Å². The fraction of sp³-hybridized carbons (Fsp3) is 0.381. The van der Waals surface area contributed by atoms with Gasteiger partial charge in [0.05, 0.1) is 6.61 Å². The first-order valence-corrected chi connectivity index (χ1v) is 10.6. The van der Waals surface area contributed by atoms with E-state index in [0.29, 0.717) is 13.2 Å². The van der Waals surface area contributed by atoms with Crippen LogP contribution < -0.4 is 14.8 Å². The third-order valence-corrected chi connectivity index (χ3v) is 5.26. The number of nitrogens with zero attached hydrogens (tertiary/aromatic N) is 4. The molecule has 1 heterocycles. The third-order valence-electron chi connectivity index (χ3n) is 4.24. The number of aromatic nitrogens is 4. The molecule has 0 amide bonds. The Hall–Kier alpha value is -2.58. The van der Waals surface area contributed by atoms with Crippen molar-refractivity contribution >= 4 is 11.8 Å². The number of benzene rings is 2. The SMILES string of the molecule is CCOc1cc(CNCCSc2nnnn2C)ccc1OCc1ccc(C)cc1. The lowest BCUT2D eigenvalue weighted by molar-refractivity contribution is 0.269. The predicted molar refractivity (Wildman–Crippen MR) is 114 cm³/mol. The van der Waals surface area contributed by atoms with E-state index in [9.17, 15) is 0 Å². The zero-order chi connectivity index (χ0) is 20.5. The second kappa shape index (κ2) is 10.8. The molecular weight excluding hydrogens is 386 g/mol. The van der Waals surface area contributed by atoms with Crippen LogP contribution in [0.15, 0.2) is 47.6 Å². The lowest BCUT2D eigenvalue weighted by Gasteiger charge is -2.14. The van der Waals surface area contributed by atoms with Gasteiger partial charge < -0.3 is 14.8 Å². The van der Waals surface area contributed by atoms with Crippen molar-refractivity contribution in [3.8, 4) is 11.5 Å². The number of rotatable bonds is 11. The van der Waals surface area contributed by atoms with Gasteiger partial charge in [-0.1, -0.05) is 47.7 Å². The van der Waals surface area contributed by atoms with Crippen LogP contribution in [0.25, 0.3) is 0 Å². The van der Waals surface area contributed by atoms with Crippen LogP contribution in [0.3, 0.4) is 0 Å². The molecule has 154 valence electrons. The van der Waals surface area contributed by atoms with Gasteiger partial charge in [0.15, 0.2) is 11.5 Å². The summed E-state index contributed by atoms with van der Waals surface area (Å²) in [5.74, 6) is 2.43. The van der Waals surface area contributed by atoms with E-state index in [0.717, 1.165) is 46.6 Å². The number of thioether (sulfide) groups is 1. The highest BCUT2D eigenvalue weighted by Crippen LogP contribution is 2.29. The smallest absolute Gasteiger partial charge is 0.209 e. The largest absolute Gasteiger partial charge is 0.490 e. The Bertz CT molecular complexity index is 898. The molecule has 2 aromatic carbocycles. The van der Waals surface area contributed by atoms with Gasteiger partial charge in [0.1, 0.15) is 6.61 Å². The zero-order valence-electron chi connectivity index (χ0n) is 17.1. The summed E-state index contributed by atoms with van der Waals surface area (Å²) >= 11 is 1.63. The van der Waals surface area contributed by atoms with Crippen molar-refractivity contribution in [1.29, 1.82) is 0 Å². The molecule has 0 aliphatic carbocycles. The van der Waals surface area contributed by atoms with Crippen molar-refractivity contribution in [3.63, 3.8) is 0 Å². The molecule has 0 bridgehead atoms. The molecule has 0 fully saturated rings. The Morgan fingerprint density at radius 3 is 2.55 bits per heavy atom. The second-order valence-corrected chi connectivity index (χ2v) is 7.66. The lowest BCUT2D eigenvalue weighted by atomic mass is 10.1. The number of hydrogen-bond donors (Lipinski definition) is 1. The Labute approximate surface area is 175 Å². The summed E-state index contributed by atoms with van der Waals surface area (Å²) in [7, 11) is 1.84. The van der Waals surface area contributed by atoms with Crippen LogP contribution in [0.2, 0.25) is 0 Å². The van der Waals surface area contributed by atoms with Gasteiger partial charge in [0.2, 0.25) is 5.16 Å². The van der Waals surface area contributed by atoms with Crippen molar-refractivity contribution in [3.05, 3.63) is 59.2 Å². The lowest BCUT2D eigenvalue weighted by Crippen LogP contribution is -2.17. The highest BCUT2D eigenvalue weighted by Gasteiger charge is 2.08. The van der Waals surface area contributed by atoms with Crippen LogP contribution in [-0.2, 0) is 20.2 Å². The number of hydrogen-bond acceptors (Lipinski definition) is 7. The molecule has 0 aliphatic rings. The van der Waals surface area contributed by atoms with Crippen LogP contribution >= 0.6 is 11.8 Å². The van der Waals surface area contributed by atoms with E-state index >= 15 is 0 Å². The molecule has 0 unspecified atom stereocenters. The molecule has 0 spiro atoms. The van der Waals surface area contributed by atoms with E-state index in [1.54, 1.807) is 16.4 Å². The summed E-state index contributed by atoms with van der Waals surface area (Å²) in [6.45, 7) is 6.79. The predicted octanol–water partition coefficient (Wildman–Crippen LogP) is 3.38. The van der Waals surface area contributed by atoms with Crippen molar-refractivity contribution in [2.75, 3.05) is 18.9 Å². The summed E-state index contributed by atoms with van der Waals surface area (Å²) in [4.78, 5) is 0. The highest BCUT2D eigenvalue weighted by molar-refractivity contribution is 7.99. The van der Waals surface area contributed by atoms with Crippen molar-refractivity contribution in [2.45, 2.75) is 32.2 Å². The fourth-order valence-corrected chi connectivity index (χ4v) is 3.43. The summed E-state index contributed by atoms with van der Waals surface area (Å²) < 4.78 is 13.5. The Kier molecular flexibility index (Phi) is 7.89. The molecule has 1 aromatic heterocycles. The summed E-state index contributed by atoms with van der Waals surface area (Å²) in [5.41, 5.74) is 3.54. The van der Waals surface area contributed by atoms with E-state index in [1.807, 2.05) is 26.1 Å². The van der Waals surface area contributed by atoms with Crippen molar-refractivity contribution < 1.29 is 9.47 Å². The minimum atomic E-state index is 0.520. The standard InChI is InChI=1S/C21H27N5O2S/c1-4-27-20-13-18(14-22-11-12-29-21-23-24-25-26(21)3)9-10-19(20)28-15-17-7-5-16(2)6-8-17/h5-10,13,22H,4,11-12,14-15H2,1-3H3. The molecule has 3 aromatic rings. The number of tetrazole rings is 1. The monoisotopic (exact) mass is 413 g/mol. The van der Waals surface area contributed by atoms with Gasteiger partial charge in [-0.2, -0.15) is 0 Å². The van der Waals surface area contributed by atoms with Gasteiger partial charge in [0.25, 0.3) is 0 Å². The fourth-order valence-electron chi connectivity index (χ4n) is 2.69. The average Bonchev–Trinajstić information content (AvgIpc) is 3.13. The van der Waals surface area contributed by atoms with Crippen LogP contribution in [0, 0.1) is 6.92 Å². The number of aryl methyl sites for hydroxylation is 2. The molecule has 0 atom stereocenters. The van der Waals surface area contributed by atoms with E-state index in [4.69, 9.17) is 9.47 Å². The molecule has 0 radical (unpaired) electrons. The Morgan fingerprint density at radius 2 is 1.83 bits per heavy atom. The number of nitrogens with one attached hydrogen (secondary N) is 1. The van der Waals surface area contributed by atoms with Crippen LogP contribution in [0.5, 0.6) is 11.5 Å². The van der Waals surface area contributed by atoms with E-state index < -0.39 is 0 Å². The molecule has 7 nitrogen and oxygen atoms in total. The summed E-state index contributed by atoms with van der Waals surface area (Å²) in [6, 6.07) is 14.5. The van der Waals surface area contributed by atoms with E-state index in [2.05, 4.69) is 58.1 Å². The van der Waals surface area contributed by atoms with E-state index in [-0.39, 0.29) is 0 Å². The van der Waals surface area contributed by atoms with E-state index in [1.165, 1.54) is 5.56 Å². The summed E-state index contributed by atoms with van der Waals surface area (Å²) in [5, 5.41) is 15.7. The zero-order valence-corrected chi connectivity index (χ0v) is 17.9. The maximum Gasteiger partial charge on any atom is 0.209 e. The van der Waals surface area contributed by atoms with Crippen molar-refractivity contribution in [1.82, 2.24) is 25.5 Å². The minimum absolute atomic E-state index is 0.520. The average molecular weight is 414 g/mol. The first kappa shape index (κ1) is 21.1. The van der Waals surface area contributed by atoms with Gasteiger partial charge in [-0.15, -0.1) is 5.10 Å². The summed E-state index contributed by atoms with van der Waals surface area (Å²) in [6.07, 6.45) is 0. The Balaban J connectivity index is 1.50. The van der Waals surface area contributed by atoms with Crippen molar-refractivity contribution in [2.24, 2.45) is 7.05 Å². The third kappa shape index (κ3) is 6.47. The van der Waals surface area contributed by atoms with Gasteiger partial charge in [-0.05, 0) is 47.5 Å². The van der Waals surface area contributed by atoms with Crippen LogP contribution in [-0.4, -0.2) is 39.1 Å². The Morgan fingerprint density at radius 1 is 1.03 bits per heavy atom. The first-order valence-electron chi connectivity index (χ1n) is 9.65. The molecule has 0 saturated carbocycles. The molecule has 0 aliphatic heterocycles. The maximum absolute atomic E-state index is 6.00. The molecule has 8 heteroatoms. The van der Waals surface area contributed by atoms with Gasteiger partial charge in [-0.25, -0.2) is 4.68 Å². The maximum atomic E-state index is 6.00. The highest BCUT2D eigenvalue weighted by atomic mass is 32.2. The van der Waals surface area contributed by atoms with Gasteiger partial charge in [0, 0.05) is 25.9 Å². The molecule has 0 saturated heterocycles. The normalized spacial score (nSPS) is 10.9. The molecule has 1 N–H and O–H groups in total. The molecular formula is C21H27N5O2S. The first-order chi connectivity index (χ1) is 14.2. The molecule has 3 rings (SSSR count). The van der Waals surface area contributed by atoms with Crippen LogP contribution in [0.4, 0.5) is 0 Å². The quantitative estimate of drug-likeness (QED) is 0.381. The number of ether oxygens (including phenoxy) is 2.